The molecule has 4 nitrogen and oxygen atoms in total. The highest BCUT2D eigenvalue weighted by atomic mass is 16.7. The number of aryl methyl sites for hydroxylation is 1. The van der Waals surface area contributed by atoms with Crippen molar-refractivity contribution in [1.29, 1.82) is 0 Å². The van der Waals surface area contributed by atoms with Crippen LogP contribution in [-0.2, 0) is 6.54 Å². The van der Waals surface area contributed by atoms with E-state index < -0.39 is 0 Å². The molecule has 1 N–H and O–H groups in total. The van der Waals surface area contributed by atoms with Crippen LogP contribution in [0.2, 0.25) is 0 Å². The summed E-state index contributed by atoms with van der Waals surface area (Å²) in [5.41, 5.74) is 1.17. The number of rotatable bonds is 4. The summed E-state index contributed by atoms with van der Waals surface area (Å²) in [6.07, 6.45) is 0. The first kappa shape index (κ1) is 12.1. The molecule has 1 aliphatic rings. The second-order valence-electron chi connectivity index (χ2n) is 4.74. The van der Waals surface area contributed by atoms with Gasteiger partial charge in [0, 0.05) is 6.54 Å². The molecule has 3 rings (SSSR count). The normalized spacial score (nSPS) is 14.6. The average Bonchev–Trinajstić information content (AvgIpc) is 3.03. The van der Waals surface area contributed by atoms with Crippen LogP contribution in [0.25, 0.3) is 0 Å². The molecule has 1 atom stereocenters. The SMILES string of the molecule is Cc1ccc(C(C)NCc2ccc3c(c2)OCO3)o1. The first-order valence-electron chi connectivity index (χ1n) is 6.40. The highest BCUT2D eigenvalue weighted by Crippen LogP contribution is 2.32. The van der Waals surface area contributed by atoms with Crippen LogP contribution in [0.5, 0.6) is 11.5 Å². The van der Waals surface area contributed by atoms with Gasteiger partial charge < -0.3 is 19.2 Å². The molecule has 2 heterocycles. The van der Waals surface area contributed by atoms with Crippen LogP contribution in [0.3, 0.4) is 0 Å². The van der Waals surface area contributed by atoms with Gasteiger partial charge in [-0.2, -0.15) is 0 Å². The Labute approximate surface area is 112 Å². The Morgan fingerprint density at radius 3 is 2.79 bits per heavy atom. The molecule has 0 amide bonds. The third-order valence-electron chi connectivity index (χ3n) is 3.24. The van der Waals surface area contributed by atoms with Gasteiger partial charge in [0.25, 0.3) is 0 Å². The molecule has 1 aliphatic heterocycles. The highest BCUT2D eigenvalue weighted by molar-refractivity contribution is 5.44. The Bertz CT molecular complexity index is 577. The number of benzene rings is 1. The quantitative estimate of drug-likeness (QED) is 0.916. The summed E-state index contributed by atoms with van der Waals surface area (Å²) >= 11 is 0. The van der Waals surface area contributed by atoms with E-state index in [1.807, 2.05) is 37.3 Å². The van der Waals surface area contributed by atoms with Crippen LogP contribution in [0.15, 0.2) is 34.7 Å². The minimum absolute atomic E-state index is 0.180. The molecule has 0 spiro atoms. The maximum atomic E-state index is 5.60. The summed E-state index contributed by atoms with van der Waals surface area (Å²) in [5, 5.41) is 3.43. The number of furan rings is 1. The second-order valence-corrected chi connectivity index (χ2v) is 4.74. The van der Waals surface area contributed by atoms with Gasteiger partial charge in [0.15, 0.2) is 11.5 Å². The van der Waals surface area contributed by atoms with Crippen LogP contribution >= 0.6 is 0 Å². The Kier molecular flexibility index (Phi) is 3.17. The van der Waals surface area contributed by atoms with Gasteiger partial charge >= 0.3 is 0 Å². The fraction of sp³-hybridized carbons (Fsp3) is 0.333. The molecule has 0 fully saturated rings. The molecule has 0 saturated carbocycles. The summed E-state index contributed by atoms with van der Waals surface area (Å²) in [5.74, 6) is 3.53. The van der Waals surface area contributed by atoms with E-state index in [1.165, 1.54) is 5.56 Å². The summed E-state index contributed by atoms with van der Waals surface area (Å²) in [6, 6.07) is 10.2. The fourth-order valence-electron chi connectivity index (χ4n) is 2.11. The van der Waals surface area contributed by atoms with Gasteiger partial charge in [-0.15, -0.1) is 0 Å². The lowest BCUT2D eigenvalue weighted by Crippen LogP contribution is -2.17. The molecule has 0 radical (unpaired) electrons. The van der Waals surface area contributed by atoms with Crippen LogP contribution in [0.4, 0.5) is 0 Å². The van der Waals surface area contributed by atoms with Crippen molar-refractivity contribution in [2.75, 3.05) is 6.79 Å². The van der Waals surface area contributed by atoms with Gasteiger partial charge in [-0.3, -0.25) is 0 Å². The Hall–Kier alpha value is -1.94. The second kappa shape index (κ2) is 4.97. The number of ether oxygens (including phenoxy) is 2. The number of hydrogen-bond acceptors (Lipinski definition) is 4. The molecule has 2 aromatic rings. The van der Waals surface area contributed by atoms with Crippen molar-refractivity contribution in [3.8, 4) is 11.5 Å². The van der Waals surface area contributed by atoms with Crippen molar-refractivity contribution in [3.05, 3.63) is 47.4 Å². The fourth-order valence-corrected chi connectivity index (χ4v) is 2.11. The van der Waals surface area contributed by atoms with Crippen molar-refractivity contribution in [2.24, 2.45) is 0 Å². The van der Waals surface area contributed by atoms with Gasteiger partial charge in [-0.25, -0.2) is 0 Å². The van der Waals surface area contributed by atoms with E-state index in [1.54, 1.807) is 0 Å². The van der Waals surface area contributed by atoms with Crippen molar-refractivity contribution in [1.82, 2.24) is 5.32 Å². The van der Waals surface area contributed by atoms with E-state index in [2.05, 4.69) is 12.2 Å². The van der Waals surface area contributed by atoms with E-state index in [0.29, 0.717) is 6.79 Å². The maximum Gasteiger partial charge on any atom is 0.231 e. The molecule has 4 heteroatoms. The molecule has 1 aromatic heterocycles. The third kappa shape index (κ3) is 2.58. The van der Waals surface area contributed by atoms with E-state index in [4.69, 9.17) is 13.9 Å². The largest absolute Gasteiger partial charge is 0.465 e. The highest BCUT2D eigenvalue weighted by Gasteiger charge is 2.14. The molecule has 0 saturated heterocycles. The van der Waals surface area contributed by atoms with Gasteiger partial charge in [0.1, 0.15) is 11.5 Å². The predicted octanol–water partition coefficient (Wildman–Crippen LogP) is 3.17. The number of nitrogens with one attached hydrogen (secondary N) is 1. The van der Waals surface area contributed by atoms with Crippen LogP contribution < -0.4 is 14.8 Å². The molecule has 19 heavy (non-hydrogen) atoms. The standard InChI is InChI=1S/C15H17NO3/c1-10-3-5-13(19-10)11(2)16-8-12-4-6-14-15(7-12)18-9-17-14/h3-7,11,16H,8-9H2,1-2H3. The van der Waals surface area contributed by atoms with E-state index in [9.17, 15) is 0 Å². The van der Waals surface area contributed by atoms with Crippen molar-refractivity contribution in [3.63, 3.8) is 0 Å². The van der Waals surface area contributed by atoms with Crippen LogP contribution in [0.1, 0.15) is 30.0 Å². The molecule has 0 bridgehead atoms. The zero-order valence-corrected chi connectivity index (χ0v) is 11.1. The van der Waals surface area contributed by atoms with E-state index in [-0.39, 0.29) is 6.04 Å². The minimum Gasteiger partial charge on any atom is -0.465 e. The molecule has 0 aliphatic carbocycles. The summed E-state index contributed by atoms with van der Waals surface area (Å²) in [7, 11) is 0. The topological polar surface area (TPSA) is 43.6 Å². The lowest BCUT2D eigenvalue weighted by Gasteiger charge is -2.11. The van der Waals surface area contributed by atoms with Crippen molar-refractivity contribution >= 4 is 0 Å². The Balaban J connectivity index is 1.63. The summed E-state index contributed by atoms with van der Waals surface area (Å²) < 4.78 is 16.3. The maximum absolute atomic E-state index is 5.60. The molecular weight excluding hydrogens is 242 g/mol. The molecule has 100 valence electrons. The molecule has 1 unspecified atom stereocenters. The Morgan fingerprint density at radius 1 is 1.16 bits per heavy atom. The van der Waals surface area contributed by atoms with Crippen LogP contribution in [-0.4, -0.2) is 6.79 Å². The zero-order valence-electron chi connectivity index (χ0n) is 11.1. The zero-order chi connectivity index (χ0) is 13.2. The lowest BCUT2D eigenvalue weighted by atomic mass is 10.2. The lowest BCUT2D eigenvalue weighted by molar-refractivity contribution is 0.174. The summed E-state index contributed by atoms with van der Waals surface area (Å²) in [4.78, 5) is 0. The van der Waals surface area contributed by atoms with Crippen molar-refractivity contribution in [2.45, 2.75) is 26.4 Å². The first-order valence-corrected chi connectivity index (χ1v) is 6.40. The monoisotopic (exact) mass is 259 g/mol. The van der Waals surface area contributed by atoms with Crippen molar-refractivity contribution < 1.29 is 13.9 Å². The molecule has 1 aromatic carbocycles. The van der Waals surface area contributed by atoms with Gasteiger partial charge in [0.05, 0.1) is 6.04 Å². The number of hydrogen-bond donors (Lipinski definition) is 1. The minimum atomic E-state index is 0.180. The average molecular weight is 259 g/mol. The van der Waals surface area contributed by atoms with Gasteiger partial charge in [-0.05, 0) is 43.7 Å². The third-order valence-corrected chi connectivity index (χ3v) is 3.24. The number of fused-ring (bicyclic) bond motifs is 1. The predicted molar refractivity (Wildman–Crippen MR) is 71.3 cm³/mol. The van der Waals surface area contributed by atoms with Gasteiger partial charge in [0.2, 0.25) is 6.79 Å². The Morgan fingerprint density at radius 2 is 2.00 bits per heavy atom. The first-order chi connectivity index (χ1) is 9.22. The van der Waals surface area contributed by atoms with Gasteiger partial charge in [-0.1, -0.05) is 6.07 Å². The van der Waals surface area contributed by atoms with E-state index >= 15 is 0 Å². The molecular formula is C15H17NO3. The van der Waals surface area contributed by atoms with E-state index in [0.717, 1.165) is 29.6 Å². The van der Waals surface area contributed by atoms with Crippen LogP contribution in [0, 0.1) is 6.92 Å². The smallest absolute Gasteiger partial charge is 0.231 e. The summed E-state index contributed by atoms with van der Waals surface area (Å²) in [6.45, 7) is 5.12.